The zero-order valence-electron chi connectivity index (χ0n) is 20.7. The number of nitrogens with one attached hydrogen (secondary N) is 3. The summed E-state index contributed by atoms with van der Waals surface area (Å²) in [6.45, 7) is 3.87. The van der Waals surface area contributed by atoms with E-state index in [1.807, 2.05) is 0 Å². The highest BCUT2D eigenvalue weighted by atomic mass is 32.2. The minimum Gasteiger partial charge on any atom is -0.462 e. The molecule has 1 atom stereocenters. The molecule has 0 saturated heterocycles. The van der Waals surface area contributed by atoms with E-state index in [-0.39, 0.29) is 17.4 Å². The van der Waals surface area contributed by atoms with E-state index in [2.05, 4.69) is 15.4 Å². The van der Waals surface area contributed by atoms with Crippen molar-refractivity contribution < 1.29 is 37.1 Å². The van der Waals surface area contributed by atoms with E-state index < -0.39 is 40.5 Å². The maximum absolute atomic E-state index is 12.7. The molecule has 0 fully saturated rings. The van der Waals surface area contributed by atoms with Crippen LogP contribution in [0.15, 0.2) is 29.2 Å². The van der Waals surface area contributed by atoms with Gasteiger partial charge in [-0.05, 0) is 69.4 Å². The van der Waals surface area contributed by atoms with Crippen molar-refractivity contribution in [3.63, 3.8) is 0 Å². The Labute approximate surface area is 219 Å². The van der Waals surface area contributed by atoms with Gasteiger partial charge in [-0.3, -0.25) is 14.4 Å². The second-order valence-corrected chi connectivity index (χ2v) is 11.2. The minimum atomic E-state index is -4.04. The number of benzene rings is 1. The van der Waals surface area contributed by atoms with Crippen molar-refractivity contribution in [1.82, 2.24) is 4.72 Å². The molecule has 2 aromatic rings. The number of fused-ring (bicyclic) bond motifs is 1. The second-order valence-electron chi connectivity index (χ2n) is 8.29. The lowest BCUT2D eigenvalue weighted by molar-refractivity contribution is -0.151. The van der Waals surface area contributed by atoms with Gasteiger partial charge in [0.15, 0.2) is 6.10 Å². The molecular formula is C24H29N3O8S2. The second kappa shape index (κ2) is 12.3. The van der Waals surface area contributed by atoms with Crippen LogP contribution in [-0.2, 0) is 46.7 Å². The lowest BCUT2D eigenvalue weighted by atomic mass is 9.95. The summed E-state index contributed by atoms with van der Waals surface area (Å²) in [5.74, 6) is -2.43. The summed E-state index contributed by atoms with van der Waals surface area (Å²) < 4.78 is 37.3. The summed E-state index contributed by atoms with van der Waals surface area (Å²) in [7, 11) is -4.04. The third-order valence-corrected chi connectivity index (χ3v) is 8.08. The van der Waals surface area contributed by atoms with Crippen LogP contribution < -0.4 is 15.4 Å². The molecule has 0 radical (unpaired) electrons. The number of carbonyl (C=O) groups is 4. The van der Waals surface area contributed by atoms with Crippen LogP contribution in [0.4, 0.5) is 10.7 Å². The zero-order chi connectivity index (χ0) is 27.2. The summed E-state index contributed by atoms with van der Waals surface area (Å²) in [6.07, 6.45) is 2.21. The van der Waals surface area contributed by atoms with Crippen molar-refractivity contribution in [3.05, 3.63) is 40.3 Å². The molecule has 0 bridgehead atoms. The monoisotopic (exact) mass is 551 g/mol. The van der Waals surface area contributed by atoms with E-state index in [1.165, 1.54) is 49.4 Å². The molecule has 0 unspecified atom stereocenters. The van der Waals surface area contributed by atoms with Crippen LogP contribution in [0, 0.1) is 0 Å². The van der Waals surface area contributed by atoms with E-state index in [0.717, 1.165) is 36.1 Å². The normalized spacial score (nSPS) is 13.7. The number of hydrogen-bond acceptors (Lipinski definition) is 9. The molecule has 1 aromatic carbocycles. The molecule has 11 nitrogen and oxygen atoms in total. The molecule has 0 aliphatic heterocycles. The van der Waals surface area contributed by atoms with Gasteiger partial charge in [0.05, 0.1) is 17.1 Å². The Bertz CT molecular complexity index is 1290. The van der Waals surface area contributed by atoms with Gasteiger partial charge in [-0.2, -0.15) is 4.72 Å². The number of rotatable bonds is 10. The molecule has 1 aliphatic rings. The molecule has 2 amide bonds. The number of esters is 2. The summed E-state index contributed by atoms with van der Waals surface area (Å²) in [4.78, 5) is 49.5. The average Bonchev–Trinajstić information content (AvgIpc) is 3.20. The SMILES string of the molecule is CCOC(=O)c1c(NC(=O)[C@@H](C)OC(=O)CNS(=O)(=O)c2ccc(NC(C)=O)cc2)sc2c1CCCC2. The van der Waals surface area contributed by atoms with E-state index in [4.69, 9.17) is 9.47 Å². The molecule has 3 N–H and O–H groups in total. The third-order valence-electron chi connectivity index (χ3n) is 5.46. The topological polar surface area (TPSA) is 157 Å². The molecule has 200 valence electrons. The predicted molar refractivity (Wildman–Crippen MR) is 137 cm³/mol. The number of ether oxygens (including phenoxy) is 2. The highest BCUT2D eigenvalue weighted by Crippen LogP contribution is 2.38. The highest BCUT2D eigenvalue weighted by Gasteiger charge is 2.29. The molecule has 1 aromatic heterocycles. The largest absolute Gasteiger partial charge is 0.462 e. The minimum absolute atomic E-state index is 0.117. The standard InChI is InChI=1S/C24H29N3O8S2/c1-4-34-24(31)21-18-7-5-6-8-19(18)36-23(21)27-22(30)14(2)35-20(29)13-25-37(32,33)17-11-9-16(10-12-17)26-15(3)28/h9-12,14,25H,4-8,13H2,1-3H3,(H,26,28)(H,27,30)/t14-/m1/s1. The number of aryl methyl sites for hydroxylation is 1. The summed E-state index contributed by atoms with van der Waals surface area (Å²) >= 11 is 1.31. The first-order chi connectivity index (χ1) is 17.5. The number of carbonyl (C=O) groups excluding carboxylic acids is 4. The van der Waals surface area contributed by atoms with Crippen LogP contribution >= 0.6 is 11.3 Å². The summed E-state index contributed by atoms with van der Waals surface area (Å²) in [5.41, 5.74) is 1.64. The molecular weight excluding hydrogens is 522 g/mol. The van der Waals surface area contributed by atoms with Crippen LogP contribution in [-0.4, -0.2) is 51.4 Å². The van der Waals surface area contributed by atoms with Crippen molar-refractivity contribution in [2.75, 3.05) is 23.8 Å². The fraction of sp³-hybridized carbons (Fsp3) is 0.417. The van der Waals surface area contributed by atoms with E-state index in [0.29, 0.717) is 16.3 Å². The third kappa shape index (κ3) is 7.37. The Morgan fingerprint density at radius 1 is 1.05 bits per heavy atom. The highest BCUT2D eigenvalue weighted by molar-refractivity contribution is 7.89. The Hall–Kier alpha value is -3.29. The van der Waals surface area contributed by atoms with Crippen LogP contribution in [0.1, 0.15) is 54.4 Å². The molecule has 0 saturated carbocycles. The zero-order valence-corrected chi connectivity index (χ0v) is 22.3. The van der Waals surface area contributed by atoms with Gasteiger partial charge in [-0.1, -0.05) is 0 Å². The van der Waals surface area contributed by atoms with Crippen LogP contribution in [0.5, 0.6) is 0 Å². The van der Waals surface area contributed by atoms with Crippen molar-refractivity contribution in [3.8, 4) is 0 Å². The van der Waals surface area contributed by atoms with Crippen LogP contribution in [0.2, 0.25) is 0 Å². The Morgan fingerprint density at radius 2 is 1.73 bits per heavy atom. The number of thiophene rings is 1. The molecule has 1 heterocycles. The van der Waals surface area contributed by atoms with Gasteiger partial charge in [0.25, 0.3) is 5.91 Å². The van der Waals surface area contributed by atoms with Gasteiger partial charge in [0.1, 0.15) is 11.5 Å². The molecule has 3 rings (SSSR count). The Morgan fingerprint density at radius 3 is 2.38 bits per heavy atom. The van der Waals surface area contributed by atoms with Crippen LogP contribution in [0.25, 0.3) is 0 Å². The van der Waals surface area contributed by atoms with Gasteiger partial charge in [0, 0.05) is 17.5 Å². The Balaban J connectivity index is 1.59. The van der Waals surface area contributed by atoms with Gasteiger partial charge in [-0.25, -0.2) is 13.2 Å². The van der Waals surface area contributed by atoms with Gasteiger partial charge >= 0.3 is 11.9 Å². The van der Waals surface area contributed by atoms with E-state index >= 15 is 0 Å². The molecule has 13 heteroatoms. The molecule has 1 aliphatic carbocycles. The lowest BCUT2D eigenvalue weighted by Crippen LogP contribution is -2.36. The number of hydrogen-bond donors (Lipinski definition) is 3. The summed E-state index contributed by atoms with van der Waals surface area (Å²) in [5, 5.41) is 5.53. The number of sulfonamides is 1. The average molecular weight is 552 g/mol. The van der Waals surface area contributed by atoms with Gasteiger partial charge < -0.3 is 20.1 Å². The van der Waals surface area contributed by atoms with Crippen molar-refractivity contribution in [1.29, 1.82) is 0 Å². The lowest BCUT2D eigenvalue weighted by Gasteiger charge is -2.15. The van der Waals surface area contributed by atoms with Gasteiger partial charge in [0.2, 0.25) is 15.9 Å². The molecule has 0 spiro atoms. The first kappa shape index (κ1) is 28.3. The van der Waals surface area contributed by atoms with E-state index in [1.54, 1.807) is 6.92 Å². The quantitative estimate of drug-likeness (QED) is 0.380. The number of amides is 2. The van der Waals surface area contributed by atoms with Crippen molar-refractivity contribution in [2.24, 2.45) is 0 Å². The predicted octanol–water partition coefficient (Wildman–Crippen LogP) is 2.61. The van der Waals surface area contributed by atoms with E-state index in [9.17, 15) is 27.6 Å². The van der Waals surface area contributed by atoms with Crippen LogP contribution in [0.3, 0.4) is 0 Å². The molecule has 37 heavy (non-hydrogen) atoms. The first-order valence-corrected chi connectivity index (χ1v) is 14.0. The van der Waals surface area contributed by atoms with Crippen molar-refractivity contribution in [2.45, 2.75) is 57.5 Å². The Kier molecular flexibility index (Phi) is 9.40. The number of anilines is 2. The maximum Gasteiger partial charge on any atom is 0.341 e. The fourth-order valence-corrected chi connectivity index (χ4v) is 5.99. The summed E-state index contributed by atoms with van der Waals surface area (Å²) in [6, 6.07) is 5.37. The van der Waals surface area contributed by atoms with Gasteiger partial charge in [-0.15, -0.1) is 11.3 Å². The smallest absolute Gasteiger partial charge is 0.341 e. The fourth-order valence-electron chi connectivity index (χ4n) is 3.74. The first-order valence-electron chi connectivity index (χ1n) is 11.7. The van der Waals surface area contributed by atoms with Crippen molar-refractivity contribution >= 4 is 55.8 Å². The maximum atomic E-state index is 12.7.